The lowest BCUT2D eigenvalue weighted by Crippen LogP contribution is -2.68. The highest BCUT2D eigenvalue weighted by molar-refractivity contribution is 6.00. The molecule has 128 valence electrons. The molecule has 6 rings (SSSR count). The first-order valence-electron chi connectivity index (χ1n) is 9.36. The molecular formula is C20H24O4. The lowest BCUT2D eigenvalue weighted by atomic mass is 9.46. The summed E-state index contributed by atoms with van der Waals surface area (Å²) in [4.78, 5) is 26.0. The Morgan fingerprint density at radius 2 is 1.83 bits per heavy atom. The molecule has 1 saturated carbocycles. The summed E-state index contributed by atoms with van der Waals surface area (Å²) in [5, 5.41) is 0. The van der Waals surface area contributed by atoms with Gasteiger partial charge in [-0.2, -0.15) is 0 Å². The highest BCUT2D eigenvalue weighted by Gasteiger charge is 2.69. The van der Waals surface area contributed by atoms with E-state index in [0.717, 1.165) is 42.4 Å². The van der Waals surface area contributed by atoms with E-state index in [-0.39, 0.29) is 35.9 Å². The van der Waals surface area contributed by atoms with Crippen LogP contribution in [0.5, 0.6) is 0 Å². The van der Waals surface area contributed by atoms with E-state index in [1.807, 2.05) is 6.26 Å². The second-order valence-electron chi connectivity index (χ2n) is 8.12. The highest BCUT2D eigenvalue weighted by Crippen LogP contribution is 2.65. The van der Waals surface area contributed by atoms with E-state index < -0.39 is 5.41 Å². The van der Waals surface area contributed by atoms with E-state index in [1.54, 1.807) is 0 Å². The molecule has 6 aliphatic rings. The maximum Gasteiger partial charge on any atom is 0.159 e. The average molecular weight is 328 g/mol. The number of hydrogen-bond donors (Lipinski definition) is 0. The van der Waals surface area contributed by atoms with Crippen LogP contribution in [0.1, 0.15) is 52.4 Å². The Morgan fingerprint density at radius 1 is 1.04 bits per heavy atom. The van der Waals surface area contributed by atoms with Gasteiger partial charge in [0.05, 0.1) is 30.0 Å². The number of carbonyl (C=O) groups is 2. The summed E-state index contributed by atoms with van der Waals surface area (Å²) in [6.45, 7) is 4.12. The zero-order valence-corrected chi connectivity index (χ0v) is 14.3. The van der Waals surface area contributed by atoms with Crippen LogP contribution in [0.4, 0.5) is 0 Å². The van der Waals surface area contributed by atoms with Gasteiger partial charge in [0.2, 0.25) is 0 Å². The van der Waals surface area contributed by atoms with Crippen molar-refractivity contribution in [2.45, 2.75) is 70.7 Å². The first-order chi connectivity index (χ1) is 11.6. The molecule has 4 nitrogen and oxygen atoms in total. The molecule has 0 aromatic rings. The van der Waals surface area contributed by atoms with Crippen molar-refractivity contribution in [3.05, 3.63) is 23.0 Å². The number of ether oxygens (including phenoxy) is 2. The lowest BCUT2D eigenvalue weighted by Gasteiger charge is -2.63. The van der Waals surface area contributed by atoms with Crippen molar-refractivity contribution in [3.8, 4) is 0 Å². The van der Waals surface area contributed by atoms with Crippen LogP contribution in [0.2, 0.25) is 0 Å². The Morgan fingerprint density at radius 3 is 2.67 bits per heavy atom. The maximum absolute atomic E-state index is 13.3. The molecule has 1 saturated heterocycles. The third-order valence-electron chi connectivity index (χ3n) is 7.10. The van der Waals surface area contributed by atoms with Gasteiger partial charge in [-0.3, -0.25) is 9.59 Å². The van der Waals surface area contributed by atoms with Gasteiger partial charge in [0.15, 0.2) is 5.78 Å². The van der Waals surface area contributed by atoms with Gasteiger partial charge in [0.25, 0.3) is 0 Å². The summed E-state index contributed by atoms with van der Waals surface area (Å²) in [7, 11) is 0. The van der Waals surface area contributed by atoms with Crippen molar-refractivity contribution in [2.75, 3.05) is 0 Å². The second kappa shape index (κ2) is 4.81. The molecule has 3 heterocycles. The molecule has 6 atom stereocenters. The van der Waals surface area contributed by atoms with Gasteiger partial charge in [-0.1, -0.05) is 0 Å². The van der Waals surface area contributed by atoms with Crippen molar-refractivity contribution >= 4 is 11.6 Å². The summed E-state index contributed by atoms with van der Waals surface area (Å²) in [6, 6.07) is 0. The van der Waals surface area contributed by atoms with E-state index in [0.29, 0.717) is 18.6 Å². The van der Waals surface area contributed by atoms with Crippen LogP contribution in [-0.4, -0.2) is 29.9 Å². The zero-order valence-electron chi connectivity index (χ0n) is 14.3. The number of rotatable bonds is 0. The molecular weight excluding hydrogens is 304 g/mol. The number of Topliss-reactive ketones (excluding diaryl/α,β-unsaturated/α-hetero) is 2. The molecule has 0 amide bonds. The van der Waals surface area contributed by atoms with Crippen molar-refractivity contribution < 1.29 is 19.1 Å². The molecule has 1 spiro atoms. The van der Waals surface area contributed by atoms with E-state index >= 15 is 0 Å². The van der Waals surface area contributed by atoms with Crippen molar-refractivity contribution in [2.24, 2.45) is 17.3 Å². The fraction of sp³-hybridized carbons (Fsp3) is 0.700. The van der Waals surface area contributed by atoms with Crippen molar-refractivity contribution in [1.29, 1.82) is 0 Å². The highest BCUT2D eigenvalue weighted by atomic mass is 16.5. The predicted molar refractivity (Wildman–Crippen MR) is 87.1 cm³/mol. The van der Waals surface area contributed by atoms with Gasteiger partial charge in [-0.25, -0.2) is 0 Å². The molecule has 0 unspecified atom stereocenters. The molecule has 2 fully saturated rings. The SMILES string of the molecule is C[C@@H]1O[C@H]2C3=C(C(=O)CCC3)[C@@H]1[C@H]1[C@H](C)OC=C3CCCC(=O)[C@@]312. The second-order valence-corrected chi connectivity index (χ2v) is 8.12. The third-order valence-corrected chi connectivity index (χ3v) is 7.10. The van der Waals surface area contributed by atoms with Crippen LogP contribution >= 0.6 is 0 Å². The summed E-state index contributed by atoms with van der Waals surface area (Å²) in [5.41, 5.74) is 2.69. The van der Waals surface area contributed by atoms with Crippen LogP contribution in [0.3, 0.4) is 0 Å². The van der Waals surface area contributed by atoms with Crippen LogP contribution in [0.15, 0.2) is 23.0 Å². The van der Waals surface area contributed by atoms with Gasteiger partial charge in [-0.05, 0) is 50.7 Å². The van der Waals surface area contributed by atoms with Crippen molar-refractivity contribution in [1.82, 2.24) is 0 Å². The Hall–Kier alpha value is -1.42. The molecule has 4 heteroatoms. The minimum absolute atomic E-state index is 0.00134. The van der Waals surface area contributed by atoms with E-state index in [9.17, 15) is 9.59 Å². The molecule has 0 N–H and O–H groups in total. The lowest BCUT2D eigenvalue weighted by molar-refractivity contribution is -0.205. The molecule has 0 aromatic carbocycles. The first-order valence-corrected chi connectivity index (χ1v) is 9.36. The summed E-state index contributed by atoms with van der Waals surface area (Å²) in [5.74, 6) is 0.632. The molecule has 24 heavy (non-hydrogen) atoms. The first kappa shape index (κ1) is 14.9. The summed E-state index contributed by atoms with van der Waals surface area (Å²) >= 11 is 0. The maximum atomic E-state index is 13.3. The smallest absolute Gasteiger partial charge is 0.159 e. The standard InChI is InChI=1S/C20H24O4/c1-10-16-17-13(6-4-7-14(17)21)19(24-10)20-12(5-3-8-15(20)22)9-23-11(2)18(16)20/h9-11,16,18-19H,3-8H2,1-2H3/t10-,11-,16+,18+,19-,20-/m0/s1. The topological polar surface area (TPSA) is 52.6 Å². The fourth-order valence-electron chi connectivity index (χ4n) is 6.33. The Balaban J connectivity index is 1.79. The summed E-state index contributed by atoms with van der Waals surface area (Å²) < 4.78 is 12.4. The van der Waals surface area contributed by atoms with E-state index in [4.69, 9.17) is 9.47 Å². The van der Waals surface area contributed by atoms with Crippen LogP contribution in [-0.2, 0) is 19.1 Å². The van der Waals surface area contributed by atoms with Gasteiger partial charge in [0, 0.05) is 30.3 Å². The number of carbonyl (C=O) groups excluding carboxylic acids is 2. The normalized spacial score (nSPS) is 46.8. The largest absolute Gasteiger partial charge is 0.498 e. The van der Waals surface area contributed by atoms with Crippen LogP contribution < -0.4 is 0 Å². The number of fused-ring (bicyclic) bond motifs is 1. The minimum atomic E-state index is -0.566. The fourth-order valence-corrected chi connectivity index (χ4v) is 6.33. The zero-order chi connectivity index (χ0) is 16.6. The number of ketones is 2. The van der Waals surface area contributed by atoms with Crippen molar-refractivity contribution in [3.63, 3.8) is 0 Å². The average Bonchev–Trinajstić information content (AvgIpc) is 2.57. The van der Waals surface area contributed by atoms with E-state index in [1.165, 1.54) is 0 Å². The summed E-state index contributed by atoms with van der Waals surface area (Å²) in [6.07, 6.45) is 6.38. The van der Waals surface area contributed by atoms with Gasteiger partial charge < -0.3 is 9.47 Å². The van der Waals surface area contributed by atoms with Gasteiger partial charge >= 0.3 is 0 Å². The Kier molecular flexibility index (Phi) is 2.98. The minimum Gasteiger partial charge on any atom is -0.498 e. The van der Waals surface area contributed by atoms with Gasteiger partial charge in [0.1, 0.15) is 5.78 Å². The number of hydrogen-bond acceptors (Lipinski definition) is 4. The molecule has 0 aromatic heterocycles. The Bertz CT molecular complexity index is 702. The molecule has 0 radical (unpaired) electrons. The van der Waals surface area contributed by atoms with Gasteiger partial charge in [-0.15, -0.1) is 0 Å². The third kappa shape index (κ3) is 1.54. The van der Waals surface area contributed by atoms with Crippen LogP contribution in [0.25, 0.3) is 0 Å². The quantitative estimate of drug-likeness (QED) is 0.685. The molecule has 3 aliphatic heterocycles. The van der Waals surface area contributed by atoms with Crippen LogP contribution in [0, 0.1) is 17.3 Å². The molecule has 3 aliphatic carbocycles. The molecule has 2 bridgehead atoms. The monoisotopic (exact) mass is 328 g/mol. The predicted octanol–water partition coefficient (Wildman–Crippen LogP) is 3.11. The Labute approximate surface area is 142 Å². The van der Waals surface area contributed by atoms with E-state index in [2.05, 4.69) is 13.8 Å².